The SMILES string of the molecule is CCCCCCC(O)CCCC(=O)NCCCN(CCCC)CCCC. The number of aliphatic hydroxyl groups excluding tert-OH is 1. The summed E-state index contributed by atoms with van der Waals surface area (Å²) in [4.78, 5) is 14.4. The molecular weight excluding hydrogens is 324 g/mol. The highest BCUT2D eigenvalue weighted by atomic mass is 16.3. The van der Waals surface area contributed by atoms with Gasteiger partial charge in [0.05, 0.1) is 6.10 Å². The van der Waals surface area contributed by atoms with Crippen molar-refractivity contribution in [1.29, 1.82) is 0 Å². The Hall–Kier alpha value is -0.610. The number of rotatable bonds is 19. The number of hydrogen-bond acceptors (Lipinski definition) is 3. The second-order valence-electron chi connectivity index (χ2n) is 7.65. The minimum atomic E-state index is -0.231. The molecular formula is C22H46N2O2. The van der Waals surface area contributed by atoms with Crippen LogP contribution in [0.25, 0.3) is 0 Å². The highest BCUT2D eigenvalue weighted by Crippen LogP contribution is 2.10. The Bertz CT molecular complexity index is 303. The Kier molecular flexibility index (Phi) is 18.7. The summed E-state index contributed by atoms with van der Waals surface area (Å²) in [5.74, 6) is 0.136. The van der Waals surface area contributed by atoms with E-state index in [9.17, 15) is 9.90 Å². The van der Waals surface area contributed by atoms with Crippen LogP contribution in [0.1, 0.15) is 104 Å². The minimum Gasteiger partial charge on any atom is -0.393 e. The zero-order chi connectivity index (χ0) is 19.5. The summed E-state index contributed by atoms with van der Waals surface area (Å²) in [7, 11) is 0. The highest BCUT2D eigenvalue weighted by molar-refractivity contribution is 5.75. The van der Waals surface area contributed by atoms with Gasteiger partial charge in [-0.2, -0.15) is 0 Å². The molecule has 4 heteroatoms. The van der Waals surface area contributed by atoms with E-state index in [4.69, 9.17) is 0 Å². The van der Waals surface area contributed by atoms with E-state index in [-0.39, 0.29) is 12.0 Å². The van der Waals surface area contributed by atoms with Crippen LogP contribution in [0.15, 0.2) is 0 Å². The summed E-state index contributed by atoms with van der Waals surface area (Å²) in [5, 5.41) is 13.0. The summed E-state index contributed by atoms with van der Waals surface area (Å²) in [6.45, 7) is 10.9. The number of nitrogens with zero attached hydrogens (tertiary/aromatic N) is 1. The van der Waals surface area contributed by atoms with Gasteiger partial charge in [0, 0.05) is 13.0 Å². The zero-order valence-electron chi connectivity index (χ0n) is 17.9. The van der Waals surface area contributed by atoms with E-state index >= 15 is 0 Å². The van der Waals surface area contributed by atoms with Crippen molar-refractivity contribution < 1.29 is 9.90 Å². The van der Waals surface area contributed by atoms with Crippen molar-refractivity contribution in [2.75, 3.05) is 26.2 Å². The first kappa shape index (κ1) is 25.4. The monoisotopic (exact) mass is 370 g/mol. The third kappa shape index (κ3) is 16.8. The van der Waals surface area contributed by atoms with Gasteiger partial charge in [0.25, 0.3) is 0 Å². The maximum Gasteiger partial charge on any atom is 0.219 e. The van der Waals surface area contributed by atoms with Gasteiger partial charge in [-0.25, -0.2) is 0 Å². The van der Waals surface area contributed by atoms with E-state index < -0.39 is 0 Å². The lowest BCUT2D eigenvalue weighted by Gasteiger charge is -2.21. The third-order valence-electron chi connectivity index (χ3n) is 4.96. The van der Waals surface area contributed by atoms with Gasteiger partial charge in [-0.15, -0.1) is 0 Å². The number of carbonyl (C=O) groups excluding carboxylic acids is 1. The van der Waals surface area contributed by atoms with E-state index in [1.54, 1.807) is 0 Å². The molecule has 0 spiro atoms. The van der Waals surface area contributed by atoms with Crippen LogP contribution in [-0.2, 0) is 4.79 Å². The maximum atomic E-state index is 11.9. The summed E-state index contributed by atoms with van der Waals surface area (Å²) < 4.78 is 0. The van der Waals surface area contributed by atoms with Gasteiger partial charge >= 0.3 is 0 Å². The maximum absolute atomic E-state index is 11.9. The van der Waals surface area contributed by atoms with Crippen LogP contribution < -0.4 is 5.32 Å². The molecule has 0 fully saturated rings. The number of nitrogens with one attached hydrogen (secondary N) is 1. The third-order valence-corrected chi connectivity index (χ3v) is 4.96. The van der Waals surface area contributed by atoms with Gasteiger partial charge in [0.1, 0.15) is 0 Å². The number of carbonyl (C=O) groups is 1. The van der Waals surface area contributed by atoms with Crippen molar-refractivity contribution in [3.8, 4) is 0 Å². The van der Waals surface area contributed by atoms with E-state index in [0.29, 0.717) is 6.42 Å². The fourth-order valence-corrected chi connectivity index (χ4v) is 3.17. The Labute approximate surface area is 163 Å². The normalized spacial score (nSPS) is 12.5. The van der Waals surface area contributed by atoms with Crippen LogP contribution in [0.5, 0.6) is 0 Å². The van der Waals surface area contributed by atoms with Gasteiger partial charge in [-0.05, 0) is 58.2 Å². The van der Waals surface area contributed by atoms with Crippen molar-refractivity contribution in [3.63, 3.8) is 0 Å². The summed E-state index contributed by atoms with van der Waals surface area (Å²) in [6, 6.07) is 0. The molecule has 0 heterocycles. The van der Waals surface area contributed by atoms with Crippen molar-refractivity contribution in [1.82, 2.24) is 10.2 Å². The molecule has 2 N–H and O–H groups in total. The van der Waals surface area contributed by atoms with Gasteiger partial charge in [0.15, 0.2) is 0 Å². The van der Waals surface area contributed by atoms with Crippen LogP contribution in [0.2, 0.25) is 0 Å². The van der Waals surface area contributed by atoms with E-state index in [2.05, 4.69) is 31.0 Å². The molecule has 0 aromatic rings. The predicted octanol–water partition coefficient (Wildman–Crippen LogP) is 4.90. The smallest absolute Gasteiger partial charge is 0.219 e. The van der Waals surface area contributed by atoms with E-state index in [0.717, 1.165) is 45.2 Å². The average Bonchev–Trinajstić information content (AvgIpc) is 2.63. The quantitative estimate of drug-likeness (QED) is 0.318. The number of amides is 1. The van der Waals surface area contributed by atoms with Crippen LogP contribution in [0, 0.1) is 0 Å². The Balaban J connectivity index is 3.64. The Morgan fingerprint density at radius 2 is 1.38 bits per heavy atom. The first-order valence-electron chi connectivity index (χ1n) is 11.3. The highest BCUT2D eigenvalue weighted by Gasteiger charge is 2.07. The van der Waals surface area contributed by atoms with Gasteiger partial charge in [-0.3, -0.25) is 4.79 Å². The largest absolute Gasteiger partial charge is 0.393 e. The Morgan fingerprint density at radius 3 is 2.00 bits per heavy atom. The number of unbranched alkanes of at least 4 members (excludes halogenated alkanes) is 5. The van der Waals surface area contributed by atoms with Crippen LogP contribution in [0.3, 0.4) is 0 Å². The fourth-order valence-electron chi connectivity index (χ4n) is 3.17. The van der Waals surface area contributed by atoms with E-state index in [1.165, 1.54) is 58.0 Å². The lowest BCUT2D eigenvalue weighted by atomic mass is 10.0. The molecule has 1 unspecified atom stereocenters. The lowest BCUT2D eigenvalue weighted by molar-refractivity contribution is -0.121. The molecule has 0 bridgehead atoms. The average molecular weight is 371 g/mol. The molecule has 0 aromatic heterocycles. The molecule has 0 rings (SSSR count). The second kappa shape index (κ2) is 19.2. The Morgan fingerprint density at radius 1 is 0.808 bits per heavy atom. The molecule has 0 saturated heterocycles. The molecule has 26 heavy (non-hydrogen) atoms. The minimum absolute atomic E-state index is 0.136. The summed E-state index contributed by atoms with van der Waals surface area (Å²) >= 11 is 0. The van der Waals surface area contributed by atoms with Crippen molar-refractivity contribution in [2.45, 2.75) is 110 Å². The fraction of sp³-hybridized carbons (Fsp3) is 0.955. The molecule has 1 amide bonds. The van der Waals surface area contributed by atoms with Crippen molar-refractivity contribution in [3.05, 3.63) is 0 Å². The number of aliphatic hydroxyl groups is 1. The molecule has 4 nitrogen and oxygen atoms in total. The van der Waals surface area contributed by atoms with E-state index in [1.807, 2.05) is 0 Å². The zero-order valence-corrected chi connectivity index (χ0v) is 17.9. The molecule has 0 aliphatic carbocycles. The van der Waals surface area contributed by atoms with Gasteiger partial charge in [-0.1, -0.05) is 59.3 Å². The van der Waals surface area contributed by atoms with Crippen molar-refractivity contribution >= 4 is 5.91 Å². The molecule has 0 aromatic carbocycles. The van der Waals surface area contributed by atoms with Crippen LogP contribution in [-0.4, -0.2) is 48.2 Å². The molecule has 0 aliphatic rings. The first-order chi connectivity index (χ1) is 12.6. The number of hydrogen-bond donors (Lipinski definition) is 2. The molecule has 0 aliphatic heterocycles. The lowest BCUT2D eigenvalue weighted by Crippen LogP contribution is -2.31. The molecule has 156 valence electrons. The second-order valence-corrected chi connectivity index (χ2v) is 7.65. The van der Waals surface area contributed by atoms with Gasteiger partial charge in [0.2, 0.25) is 5.91 Å². The van der Waals surface area contributed by atoms with Crippen LogP contribution >= 0.6 is 0 Å². The standard InChI is InChI=1S/C22H46N2O2/c1-4-7-10-11-14-21(25)15-12-16-22(26)23-17-13-20-24(18-8-5-2)19-9-6-3/h21,25H,4-20H2,1-3H3,(H,23,26). The van der Waals surface area contributed by atoms with Crippen molar-refractivity contribution in [2.24, 2.45) is 0 Å². The van der Waals surface area contributed by atoms with Gasteiger partial charge < -0.3 is 15.3 Å². The predicted molar refractivity (Wildman–Crippen MR) is 112 cm³/mol. The topological polar surface area (TPSA) is 52.6 Å². The summed E-state index contributed by atoms with van der Waals surface area (Å²) in [6.07, 6.45) is 13.6. The summed E-state index contributed by atoms with van der Waals surface area (Å²) in [5.41, 5.74) is 0. The van der Waals surface area contributed by atoms with Crippen LogP contribution in [0.4, 0.5) is 0 Å². The molecule has 0 saturated carbocycles. The molecule has 0 radical (unpaired) electrons. The molecule has 1 atom stereocenters. The first-order valence-corrected chi connectivity index (χ1v) is 11.3.